The normalized spacial score (nSPS) is 13.9. The summed E-state index contributed by atoms with van der Waals surface area (Å²) in [6.45, 7) is 15.0. The van der Waals surface area contributed by atoms with E-state index in [1.54, 1.807) is 0 Å². The van der Waals surface area contributed by atoms with Gasteiger partial charge in [-0.15, -0.1) is 12.6 Å². The largest absolute Gasteiger partial charge is 4.00 e. The van der Waals surface area contributed by atoms with E-state index in [0.29, 0.717) is 11.6 Å². The van der Waals surface area contributed by atoms with E-state index in [0.717, 1.165) is 15.1 Å². The van der Waals surface area contributed by atoms with Gasteiger partial charge in [0.15, 0.2) is 0 Å². The minimum atomic E-state index is 0. The second-order valence-corrected chi connectivity index (χ2v) is 10.9. The van der Waals surface area contributed by atoms with Crippen LogP contribution in [0.15, 0.2) is 102 Å². The molecule has 5 heteroatoms. The third-order valence-corrected chi connectivity index (χ3v) is 7.05. The number of halogens is 2. The Kier molecular flexibility index (Phi) is 18.3. The van der Waals surface area contributed by atoms with Crippen LogP contribution in [-0.4, -0.2) is 9.52 Å². The molecule has 1 atom stereocenters. The van der Waals surface area contributed by atoms with Gasteiger partial charge in [0, 0.05) is 0 Å². The number of hydrogen-bond acceptors (Lipinski definition) is 0. The van der Waals surface area contributed by atoms with Crippen LogP contribution in [-0.2, 0) is 31.3 Å². The van der Waals surface area contributed by atoms with E-state index < -0.39 is 0 Å². The van der Waals surface area contributed by atoms with Crippen molar-refractivity contribution >= 4 is 25.6 Å². The topological polar surface area (TPSA) is 23.8 Å². The monoisotopic (exact) mass is 701 g/mol. The van der Waals surface area contributed by atoms with E-state index >= 15 is 0 Å². The smallest absolute Gasteiger partial charge is 1.00 e. The number of nitrogens with one attached hydrogen (secondary N) is 1. The molecule has 1 unspecified atom stereocenters. The molecular weight excluding hydrogens is 664 g/mol. The van der Waals surface area contributed by atoms with E-state index in [1.807, 2.05) is 24.3 Å². The molecule has 0 saturated heterocycles. The zero-order valence-corrected chi connectivity index (χ0v) is 28.5. The second kappa shape index (κ2) is 18.0. The molecule has 0 fully saturated rings. The van der Waals surface area contributed by atoms with Crippen molar-refractivity contribution in [3.63, 3.8) is 0 Å². The van der Waals surface area contributed by atoms with Gasteiger partial charge in [0.2, 0.25) is 0 Å². The first-order chi connectivity index (χ1) is 15.6. The molecule has 188 valence electrons. The van der Waals surface area contributed by atoms with Gasteiger partial charge >= 0.3 is 25.8 Å². The Bertz CT molecular complexity index is 1040. The molecule has 0 aromatic heterocycles. The molecule has 1 aliphatic rings. The van der Waals surface area contributed by atoms with E-state index in [9.17, 15) is 0 Å². The Morgan fingerprint density at radius 2 is 1.14 bits per heavy atom. The standard InChI is InChI=1S/C12H10Si.C10H14N.C9H13.2ClH.Hf/c1-3-7-11(8-4-1)13-12-9-5-2-6-10-12;1-10(2,3)8-6-4-5-7-9(8)11;1-6-5-7(2)9(4)8(6)3;;;/h1-10H;4-7,11H,1-3H3;6H,1-4H3;2*1H;/q;2*-1;;;+4/p-2. The molecule has 3 aromatic rings. The maximum absolute atomic E-state index is 7.63. The molecular formula is C31H37Cl2HfNSi. The number of allylic oxidation sites excluding steroid dienone is 4. The van der Waals surface area contributed by atoms with Gasteiger partial charge < -0.3 is 30.5 Å². The molecule has 0 bridgehead atoms. The number of hydrogen-bond donors (Lipinski definition) is 0. The van der Waals surface area contributed by atoms with E-state index in [4.69, 9.17) is 5.73 Å². The van der Waals surface area contributed by atoms with Crippen LogP contribution in [0.3, 0.4) is 0 Å². The van der Waals surface area contributed by atoms with Gasteiger partial charge in [-0.1, -0.05) is 148 Å². The number of rotatable bonds is 2. The fourth-order valence-corrected chi connectivity index (χ4v) is 4.56. The van der Waals surface area contributed by atoms with Crippen LogP contribution >= 0.6 is 0 Å². The zero-order valence-electron chi connectivity index (χ0n) is 22.4. The average Bonchev–Trinajstić information content (AvgIpc) is 3.01. The summed E-state index contributed by atoms with van der Waals surface area (Å²) >= 11 is 0. The van der Waals surface area contributed by atoms with Gasteiger partial charge in [-0.25, -0.2) is 5.57 Å². The van der Waals surface area contributed by atoms with Crippen molar-refractivity contribution < 1.29 is 50.7 Å². The Hall–Kier alpha value is -1.39. The van der Waals surface area contributed by atoms with Crippen molar-refractivity contribution in [2.45, 2.75) is 53.9 Å². The summed E-state index contributed by atoms with van der Waals surface area (Å²) in [6.07, 6.45) is 3.36. The minimum Gasteiger partial charge on any atom is -1.00 e. The van der Waals surface area contributed by atoms with Crippen LogP contribution in [0.4, 0.5) is 5.69 Å². The first kappa shape index (κ1) is 36.8. The van der Waals surface area contributed by atoms with Gasteiger partial charge in [0.25, 0.3) is 0 Å². The maximum atomic E-state index is 7.63. The van der Waals surface area contributed by atoms with Crippen molar-refractivity contribution in [2.75, 3.05) is 0 Å². The predicted molar refractivity (Wildman–Crippen MR) is 147 cm³/mol. The van der Waals surface area contributed by atoms with Crippen molar-refractivity contribution in [3.05, 3.63) is 119 Å². The summed E-state index contributed by atoms with van der Waals surface area (Å²) in [4.78, 5) is 0. The fourth-order valence-electron chi connectivity index (χ4n) is 3.51. The third kappa shape index (κ3) is 12.2. The Morgan fingerprint density at radius 1 is 0.722 bits per heavy atom. The number of benzene rings is 3. The molecule has 1 nitrogen and oxygen atoms in total. The molecule has 36 heavy (non-hydrogen) atoms. The molecule has 4 rings (SSSR count). The van der Waals surface area contributed by atoms with E-state index in [2.05, 4.69) is 115 Å². The van der Waals surface area contributed by atoms with Crippen LogP contribution in [0, 0.1) is 12.0 Å². The maximum Gasteiger partial charge on any atom is 4.00 e. The second-order valence-electron chi connectivity index (χ2n) is 9.45. The summed E-state index contributed by atoms with van der Waals surface area (Å²) in [7, 11) is 0.777. The molecule has 2 radical (unpaired) electrons. The Labute approximate surface area is 253 Å². The predicted octanol–water partition coefficient (Wildman–Crippen LogP) is 1.74. The average molecular weight is 701 g/mol. The first-order valence-corrected chi connectivity index (χ1v) is 12.6. The molecule has 0 aliphatic heterocycles. The van der Waals surface area contributed by atoms with Crippen LogP contribution in [0.1, 0.15) is 54.0 Å². The Balaban J connectivity index is 0. The van der Waals surface area contributed by atoms with Crippen LogP contribution in [0.2, 0.25) is 0 Å². The molecule has 0 heterocycles. The Morgan fingerprint density at radius 3 is 1.42 bits per heavy atom. The van der Waals surface area contributed by atoms with Gasteiger partial charge in [0.05, 0.1) is 0 Å². The first-order valence-electron chi connectivity index (χ1n) is 11.6. The molecule has 0 spiro atoms. The summed E-state index contributed by atoms with van der Waals surface area (Å²) < 4.78 is 0. The van der Waals surface area contributed by atoms with E-state index in [-0.39, 0.29) is 56.1 Å². The molecule has 0 saturated carbocycles. The van der Waals surface area contributed by atoms with Gasteiger partial charge in [-0.2, -0.15) is 11.1 Å². The summed E-state index contributed by atoms with van der Waals surface area (Å²) in [5.74, 6) is 0.560. The van der Waals surface area contributed by atoms with Crippen molar-refractivity contribution in [1.29, 1.82) is 0 Å². The zero-order chi connectivity index (χ0) is 24.4. The molecule has 1 aliphatic carbocycles. The van der Waals surface area contributed by atoms with Crippen LogP contribution in [0.5, 0.6) is 0 Å². The van der Waals surface area contributed by atoms with Crippen molar-refractivity contribution in [1.82, 2.24) is 0 Å². The van der Waals surface area contributed by atoms with Crippen molar-refractivity contribution in [2.24, 2.45) is 5.92 Å². The van der Waals surface area contributed by atoms with Crippen LogP contribution in [0.25, 0.3) is 5.73 Å². The van der Waals surface area contributed by atoms with E-state index in [1.165, 1.54) is 27.1 Å². The SMILES string of the molecule is CC(C)(C)c1ccccc1[NH-].CC1=[C-]C(C)C(C)=C1C.[Cl-].[Cl-].[Hf+4].c1ccc([Si]c2ccccc2)cc1. The quantitative estimate of drug-likeness (QED) is 0.288. The van der Waals surface area contributed by atoms with Gasteiger partial charge in [-0.05, 0) is 5.41 Å². The van der Waals surface area contributed by atoms with Crippen LogP contribution < -0.4 is 35.2 Å². The van der Waals surface area contributed by atoms with Crippen molar-refractivity contribution in [3.8, 4) is 0 Å². The van der Waals surface area contributed by atoms with Gasteiger partial charge in [-0.3, -0.25) is 6.08 Å². The molecule has 1 N–H and O–H groups in total. The summed E-state index contributed by atoms with van der Waals surface area (Å²) in [5.41, 5.74) is 13.7. The summed E-state index contributed by atoms with van der Waals surface area (Å²) in [6, 6.07) is 28.9. The minimum absolute atomic E-state index is 0. The third-order valence-electron chi connectivity index (χ3n) is 5.81. The molecule has 0 amide bonds. The van der Waals surface area contributed by atoms with Gasteiger partial charge in [0.1, 0.15) is 9.52 Å². The fraction of sp³-hybridized carbons (Fsp3) is 0.290. The summed E-state index contributed by atoms with van der Waals surface area (Å²) in [5, 5.41) is 2.79. The molecule has 3 aromatic carbocycles.